The Kier molecular flexibility index (Phi) is 8.84. The van der Waals surface area contributed by atoms with Gasteiger partial charge in [-0.2, -0.15) is 0 Å². The molecular formula is C35H32N2O3. The number of hydrogen-bond donors (Lipinski definition) is 0. The molecule has 0 radical (unpaired) electrons. The molecule has 0 aliphatic heterocycles. The van der Waals surface area contributed by atoms with Crippen molar-refractivity contribution in [3.63, 3.8) is 0 Å². The summed E-state index contributed by atoms with van der Waals surface area (Å²) in [5.41, 5.74) is 6.16. The first-order chi connectivity index (χ1) is 19.7. The van der Waals surface area contributed by atoms with Crippen LogP contribution in [0.3, 0.4) is 0 Å². The third-order valence-corrected chi connectivity index (χ3v) is 6.72. The normalized spacial score (nSPS) is 10.8. The Bertz CT molecular complexity index is 1450. The minimum atomic E-state index is -0.330. The second kappa shape index (κ2) is 13.3. The van der Waals surface area contributed by atoms with Crippen LogP contribution in [0.1, 0.15) is 28.4 Å². The lowest BCUT2D eigenvalue weighted by Gasteiger charge is -2.21. The van der Waals surface area contributed by atoms with Crippen molar-refractivity contribution in [3.05, 3.63) is 156 Å². The van der Waals surface area contributed by atoms with E-state index in [1.807, 2.05) is 78.9 Å². The summed E-state index contributed by atoms with van der Waals surface area (Å²) in [5, 5.41) is 0. The highest BCUT2D eigenvalue weighted by Crippen LogP contribution is 2.34. The quantitative estimate of drug-likeness (QED) is 0.186. The van der Waals surface area contributed by atoms with E-state index in [0.29, 0.717) is 12.4 Å². The highest BCUT2D eigenvalue weighted by atomic mass is 16.6. The van der Waals surface area contributed by atoms with Crippen LogP contribution in [0.15, 0.2) is 134 Å². The Morgan fingerprint density at radius 2 is 1.32 bits per heavy atom. The molecule has 1 amide bonds. The molecule has 0 fully saturated rings. The van der Waals surface area contributed by atoms with Gasteiger partial charge in [-0.15, -0.1) is 0 Å². The third kappa shape index (κ3) is 6.94. The summed E-state index contributed by atoms with van der Waals surface area (Å²) in [5.74, 6) is 0.578. The van der Waals surface area contributed by atoms with Crippen LogP contribution in [0, 0.1) is 0 Å². The fourth-order valence-corrected chi connectivity index (χ4v) is 4.47. The van der Waals surface area contributed by atoms with Gasteiger partial charge in [0.25, 0.3) is 0 Å². The number of rotatable bonds is 10. The van der Waals surface area contributed by atoms with Gasteiger partial charge in [-0.05, 0) is 46.4 Å². The average molecular weight is 529 g/mol. The van der Waals surface area contributed by atoms with Crippen LogP contribution in [0.2, 0.25) is 0 Å². The van der Waals surface area contributed by atoms with Gasteiger partial charge >= 0.3 is 6.09 Å². The van der Waals surface area contributed by atoms with E-state index in [1.165, 1.54) is 0 Å². The van der Waals surface area contributed by atoms with E-state index in [-0.39, 0.29) is 18.8 Å². The Hall–Kier alpha value is -4.90. The summed E-state index contributed by atoms with van der Waals surface area (Å²) in [6.45, 7) is 0.827. The molecule has 0 saturated carbocycles. The molecule has 4 aromatic carbocycles. The number of pyridine rings is 1. The number of carbonyl (C=O) groups is 1. The molecule has 0 unspecified atom stereocenters. The van der Waals surface area contributed by atoms with Gasteiger partial charge in [0.1, 0.15) is 6.61 Å². The summed E-state index contributed by atoms with van der Waals surface area (Å²) in [4.78, 5) is 18.6. The first-order valence-electron chi connectivity index (χ1n) is 13.4. The molecule has 5 rings (SSSR count). The van der Waals surface area contributed by atoms with Crippen molar-refractivity contribution in [1.82, 2.24) is 9.88 Å². The SMILES string of the molecule is CN(CCc1ccc(-c2cccnc2OC(c2ccccc2)c2ccccc2)cc1)C(=O)OCc1ccccc1. The third-order valence-electron chi connectivity index (χ3n) is 6.72. The largest absolute Gasteiger partial charge is 0.464 e. The minimum absolute atomic E-state index is 0.267. The van der Waals surface area contributed by atoms with Gasteiger partial charge in [-0.1, -0.05) is 115 Å². The van der Waals surface area contributed by atoms with Crippen molar-refractivity contribution >= 4 is 6.09 Å². The zero-order chi connectivity index (χ0) is 27.6. The summed E-state index contributed by atoms with van der Waals surface area (Å²) in [6, 6.07) is 42.3. The van der Waals surface area contributed by atoms with Gasteiger partial charge in [0.2, 0.25) is 5.88 Å². The zero-order valence-electron chi connectivity index (χ0n) is 22.5. The van der Waals surface area contributed by atoms with Crippen molar-refractivity contribution in [2.24, 2.45) is 0 Å². The van der Waals surface area contributed by atoms with Crippen LogP contribution in [-0.2, 0) is 17.8 Å². The molecule has 0 N–H and O–H groups in total. The smallest absolute Gasteiger partial charge is 0.409 e. The molecule has 1 heterocycles. The minimum Gasteiger partial charge on any atom is -0.464 e. The van der Waals surface area contributed by atoms with Gasteiger partial charge in [-0.3, -0.25) is 0 Å². The van der Waals surface area contributed by atoms with Crippen LogP contribution >= 0.6 is 0 Å². The predicted octanol–water partition coefficient (Wildman–Crippen LogP) is 7.73. The Balaban J connectivity index is 1.25. The molecule has 5 aromatic rings. The Morgan fingerprint density at radius 1 is 0.725 bits per heavy atom. The van der Waals surface area contributed by atoms with Gasteiger partial charge in [0.05, 0.1) is 0 Å². The van der Waals surface area contributed by atoms with E-state index in [1.54, 1.807) is 18.1 Å². The molecule has 200 valence electrons. The summed E-state index contributed by atoms with van der Waals surface area (Å²) in [7, 11) is 1.76. The van der Waals surface area contributed by atoms with E-state index in [2.05, 4.69) is 53.5 Å². The van der Waals surface area contributed by atoms with Gasteiger partial charge in [0, 0.05) is 25.4 Å². The van der Waals surface area contributed by atoms with Crippen LogP contribution < -0.4 is 4.74 Å². The highest BCUT2D eigenvalue weighted by molar-refractivity contribution is 5.69. The van der Waals surface area contributed by atoms with Crippen LogP contribution in [-0.4, -0.2) is 29.6 Å². The van der Waals surface area contributed by atoms with Crippen molar-refractivity contribution in [3.8, 4) is 17.0 Å². The second-order valence-corrected chi connectivity index (χ2v) is 9.58. The topological polar surface area (TPSA) is 51.7 Å². The lowest BCUT2D eigenvalue weighted by Crippen LogP contribution is -2.29. The molecule has 40 heavy (non-hydrogen) atoms. The lowest BCUT2D eigenvalue weighted by atomic mass is 10.0. The van der Waals surface area contributed by atoms with E-state index in [4.69, 9.17) is 9.47 Å². The lowest BCUT2D eigenvalue weighted by molar-refractivity contribution is 0.105. The van der Waals surface area contributed by atoms with Crippen molar-refractivity contribution in [2.45, 2.75) is 19.1 Å². The molecule has 0 saturated heterocycles. The molecule has 0 aliphatic rings. The van der Waals surface area contributed by atoms with E-state index in [0.717, 1.165) is 39.8 Å². The van der Waals surface area contributed by atoms with E-state index < -0.39 is 0 Å². The average Bonchev–Trinajstić information content (AvgIpc) is 3.03. The number of benzene rings is 4. The first-order valence-corrected chi connectivity index (χ1v) is 13.4. The number of ether oxygens (including phenoxy) is 2. The maximum atomic E-state index is 12.4. The molecule has 1 aromatic heterocycles. The maximum absolute atomic E-state index is 12.4. The van der Waals surface area contributed by atoms with E-state index >= 15 is 0 Å². The van der Waals surface area contributed by atoms with Gasteiger partial charge in [-0.25, -0.2) is 9.78 Å². The van der Waals surface area contributed by atoms with Gasteiger partial charge < -0.3 is 14.4 Å². The molecule has 0 spiro atoms. The summed E-state index contributed by atoms with van der Waals surface area (Å²) < 4.78 is 12.0. The molecule has 5 heteroatoms. The van der Waals surface area contributed by atoms with Crippen LogP contribution in [0.4, 0.5) is 4.79 Å². The van der Waals surface area contributed by atoms with E-state index in [9.17, 15) is 4.79 Å². The molecule has 5 nitrogen and oxygen atoms in total. The van der Waals surface area contributed by atoms with Crippen molar-refractivity contribution in [2.75, 3.05) is 13.6 Å². The fourth-order valence-electron chi connectivity index (χ4n) is 4.47. The molecule has 0 bridgehead atoms. The number of aromatic nitrogens is 1. The fraction of sp³-hybridized carbons (Fsp3) is 0.143. The maximum Gasteiger partial charge on any atom is 0.409 e. The zero-order valence-corrected chi connectivity index (χ0v) is 22.5. The Morgan fingerprint density at radius 3 is 1.95 bits per heavy atom. The number of carbonyl (C=O) groups excluding carboxylic acids is 1. The predicted molar refractivity (Wildman–Crippen MR) is 158 cm³/mol. The number of amides is 1. The standard InChI is InChI=1S/C35H32N2O3/c1-37(35(38)39-26-28-12-5-2-6-13-28)25-23-27-19-21-29(22-20-27)32-18-11-24-36-34(32)40-33(30-14-7-3-8-15-30)31-16-9-4-10-17-31/h2-22,24,33H,23,25-26H2,1H3. The highest BCUT2D eigenvalue weighted by Gasteiger charge is 2.19. The van der Waals surface area contributed by atoms with Crippen LogP contribution in [0.5, 0.6) is 5.88 Å². The van der Waals surface area contributed by atoms with Crippen molar-refractivity contribution in [1.29, 1.82) is 0 Å². The number of nitrogens with zero attached hydrogens (tertiary/aromatic N) is 2. The Labute approximate surface area is 235 Å². The summed E-state index contributed by atoms with van der Waals surface area (Å²) in [6.07, 6.45) is 1.86. The molecule has 0 atom stereocenters. The monoisotopic (exact) mass is 528 g/mol. The second-order valence-electron chi connectivity index (χ2n) is 9.58. The molecule has 0 aliphatic carbocycles. The molecular weight excluding hydrogens is 496 g/mol. The number of likely N-dealkylation sites (N-methyl/N-ethyl adjacent to an activating group) is 1. The first kappa shape index (κ1) is 26.7. The van der Waals surface area contributed by atoms with Gasteiger partial charge in [0.15, 0.2) is 6.10 Å². The summed E-state index contributed by atoms with van der Waals surface area (Å²) >= 11 is 0. The van der Waals surface area contributed by atoms with Crippen LogP contribution in [0.25, 0.3) is 11.1 Å². The number of hydrogen-bond acceptors (Lipinski definition) is 4. The van der Waals surface area contributed by atoms with Crippen molar-refractivity contribution < 1.29 is 14.3 Å².